The molecule has 0 aromatic carbocycles. The van der Waals surface area contributed by atoms with Crippen LogP contribution < -0.4 is 0 Å². The first-order chi connectivity index (χ1) is 5.29. The van der Waals surface area contributed by atoms with Gasteiger partial charge < -0.3 is 0 Å². The van der Waals surface area contributed by atoms with E-state index in [9.17, 15) is 0 Å². The van der Waals surface area contributed by atoms with Gasteiger partial charge in [0.05, 0.1) is 0 Å². The van der Waals surface area contributed by atoms with E-state index >= 15 is 0 Å². The number of rotatable bonds is 0. The Bertz CT molecular complexity index is 349. The van der Waals surface area contributed by atoms with Gasteiger partial charge in [-0.15, -0.1) is 0 Å². The average Bonchev–Trinajstić information content (AvgIpc) is 2.34. The van der Waals surface area contributed by atoms with Gasteiger partial charge in [-0.2, -0.15) is 6.35 Å². The molecular formula is C7H8IN3. The molecule has 0 amide bonds. The maximum Gasteiger partial charge on any atom is 0.146 e. The smallest absolute Gasteiger partial charge is 0.146 e. The van der Waals surface area contributed by atoms with Crippen molar-refractivity contribution in [3.8, 4) is 0 Å². The Kier molecular flexibility index (Phi) is 1.63. The lowest BCUT2D eigenvalue weighted by atomic mass is 10.5. The van der Waals surface area contributed by atoms with Gasteiger partial charge in [-0.3, -0.25) is 4.57 Å². The van der Waals surface area contributed by atoms with E-state index < -0.39 is 0 Å². The molecule has 0 unspecified atom stereocenters. The number of hydrogen-bond acceptors (Lipinski definition) is 2. The van der Waals surface area contributed by atoms with Gasteiger partial charge in [0.15, 0.2) is 0 Å². The second-order valence-corrected chi connectivity index (χ2v) is 3.86. The van der Waals surface area contributed by atoms with E-state index in [1.54, 1.807) is 0 Å². The highest BCUT2D eigenvalue weighted by Gasteiger charge is 2.08. The van der Waals surface area contributed by atoms with Crippen molar-refractivity contribution in [3.63, 3.8) is 0 Å². The Morgan fingerprint density at radius 2 is 2.18 bits per heavy atom. The van der Waals surface area contributed by atoms with Gasteiger partial charge in [-0.05, 0) is 26.0 Å². The van der Waals surface area contributed by atoms with Gasteiger partial charge in [0, 0.05) is 5.69 Å². The third-order valence-electron chi connectivity index (χ3n) is 1.66. The molecule has 2 heterocycles. The number of halogens is 1. The second kappa shape index (κ2) is 2.51. The lowest BCUT2D eigenvalue weighted by Gasteiger charge is -2.08. The molecule has 2 rings (SSSR count). The van der Waals surface area contributed by atoms with Crippen molar-refractivity contribution in [2.75, 3.05) is 0 Å². The molecule has 1 aliphatic heterocycles. The van der Waals surface area contributed by atoms with Crippen LogP contribution in [0.2, 0.25) is 0 Å². The lowest BCUT2D eigenvalue weighted by molar-refractivity contribution is 1.07. The number of aryl methyl sites for hydroxylation is 1. The molecule has 0 saturated heterocycles. The van der Waals surface area contributed by atoms with E-state index in [4.69, 9.17) is 0 Å². The first-order valence-electron chi connectivity index (χ1n) is 3.37. The Morgan fingerprint density at radius 3 is 2.91 bits per heavy atom. The van der Waals surface area contributed by atoms with E-state index in [0.29, 0.717) is 0 Å². The van der Waals surface area contributed by atoms with Crippen LogP contribution in [0.5, 0.6) is 0 Å². The van der Waals surface area contributed by atoms with Crippen molar-refractivity contribution >= 4 is 33.0 Å². The summed E-state index contributed by atoms with van der Waals surface area (Å²) in [6.45, 7) is 4.10. The highest BCUT2D eigenvalue weighted by atomic mass is 127. The minimum atomic E-state index is -0.309. The zero-order chi connectivity index (χ0) is 7.84. The number of nitrogens with zero attached hydrogens (tertiary/aromatic N) is 3. The maximum atomic E-state index is 4.35. The van der Waals surface area contributed by atoms with Crippen molar-refractivity contribution in [1.29, 1.82) is 0 Å². The summed E-state index contributed by atoms with van der Waals surface area (Å²) in [6, 6.07) is 4.13. The summed E-state index contributed by atoms with van der Waals surface area (Å²) in [5.74, 6) is 2.16. The summed E-state index contributed by atoms with van der Waals surface area (Å²) in [7, 11) is 0. The van der Waals surface area contributed by atoms with Crippen LogP contribution in [0, 0.1) is 6.92 Å². The molecule has 58 valence electrons. The number of aromatic nitrogens is 1. The molecule has 0 N–H and O–H groups in total. The first kappa shape index (κ1) is 7.15. The van der Waals surface area contributed by atoms with E-state index in [0.717, 1.165) is 11.7 Å². The van der Waals surface area contributed by atoms with Crippen LogP contribution in [0.1, 0.15) is 12.6 Å². The van der Waals surface area contributed by atoms with Crippen molar-refractivity contribution < 1.29 is 0 Å². The fourth-order valence-electron chi connectivity index (χ4n) is 1.16. The Hall–Kier alpha value is -0.520. The molecule has 0 radical (unpaired) electrons. The summed E-state index contributed by atoms with van der Waals surface area (Å²) >= 11 is -0.309. The Balaban J connectivity index is 2.71. The fraction of sp³-hybridized carbons (Fsp3) is 0.286. The van der Waals surface area contributed by atoms with Gasteiger partial charge in [0.25, 0.3) is 0 Å². The van der Waals surface area contributed by atoms with Gasteiger partial charge in [-0.25, -0.2) is 0 Å². The minimum absolute atomic E-state index is 0.309. The maximum absolute atomic E-state index is 4.35. The molecule has 0 aliphatic carbocycles. The average molecular weight is 261 g/mol. The Labute approximate surface area is 75.7 Å². The molecule has 1 aromatic rings. The van der Waals surface area contributed by atoms with Crippen molar-refractivity contribution in [3.05, 3.63) is 17.8 Å². The molecule has 4 heteroatoms. The van der Waals surface area contributed by atoms with Gasteiger partial charge in [0.1, 0.15) is 33.0 Å². The summed E-state index contributed by atoms with van der Waals surface area (Å²) in [6.07, 6.45) is 0. The number of fused-ring (bicyclic) bond motifs is 1. The van der Waals surface area contributed by atoms with Crippen LogP contribution >= 0.6 is 21.3 Å². The fourth-order valence-corrected chi connectivity index (χ4v) is 2.40. The SMILES string of the molecule is CC1=NI=Nc2ccc(C)n21. The summed E-state index contributed by atoms with van der Waals surface area (Å²) < 4.78 is 10.8. The zero-order valence-corrected chi connectivity index (χ0v) is 8.53. The van der Waals surface area contributed by atoms with Gasteiger partial charge in [0.2, 0.25) is 0 Å². The molecule has 1 aromatic heterocycles. The number of hydrogen-bond donors (Lipinski definition) is 0. The summed E-state index contributed by atoms with van der Waals surface area (Å²) in [5.41, 5.74) is 1.22. The van der Waals surface area contributed by atoms with E-state index in [2.05, 4.69) is 23.9 Å². The third kappa shape index (κ3) is 1.05. The zero-order valence-electron chi connectivity index (χ0n) is 6.37. The summed E-state index contributed by atoms with van der Waals surface area (Å²) in [5, 5.41) is 0. The molecule has 0 bridgehead atoms. The van der Waals surface area contributed by atoms with Crippen LogP contribution in [0.3, 0.4) is 0 Å². The quantitative estimate of drug-likeness (QED) is 0.643. The van der Waals surface area contributed by atoms with Crippen molar-refractivity contribution in [2.24, 2.45) is 6.35 Å². The predicted molar refractivity (Wildman–Crippen MR) is 53.8 cm³/mol. The van der Waals surface area contributed by atoms with Crippen LogP contribution in [0.4, 0.5) is 5.82 Å². The normalized spacial score (nSPS) is 15.3. The molecule has 11 heavy (non-hydrogen) atoms. The predicted octanol–water partition coefficient (Wildman–Crippen LogP) is 2.78. The highest BCUT2D eigenvalue weighted by molar-refractivity contribution is 14.1. The third-order valence-corrected chi connectivity index (χ3v) is 3.29. The summed E-state index contributed by atoms with van der Waals surface area (Å²) in [4.78, 5) is 0. The van der Waals surface area contributed by atoms with Crippen molar-refractivity contribution in [1.82, 2.24) is 4.57 Å². The van der Waals surface area contributed by atoms with Gasteiger partial charge in [-0.1, -0.05) is 0 Å². The first-order valence-corrected chi connectivity index (χ1v) is 5.30. The lowest BCUT2D eigenvalue weighted by Crippen LogP contribution is -2.08. The highest BCUT2D eigenvalue weighted by Crippen LogP contribution is 2.26. The van der Waals surface area contributed by atoms with E-state index in [1.807, 2.05) is 13.0 Å². The van der Waals surface area contributed by atoms with Crippen LogP contribution in [-0.4, -0.2) is 10.4 Å². The van der Waals surface area contributed by atoms with Crippen LogP contribution in [-0.2, 0) is 0 Å². The molecule has 0 saturated carbocycles. The van der Waals surface area contributed by atoms with Crippen LogP contribution in [0.15, 0.2) is 18.5 Å². The molecular weight excluding hydrogens is 253 g/mol. The van der Waals surface area contributed by atoms with Crippen molar-refractivity contribution in [2.45, 2.75) is 13.8 Å². The largest absolute Gasteiger partial charge is 0.286 e. The standard InChI is InChI=1S/C7H8IN3/c1-5-3-4-7-10-8-9-6(2)11(5)7/h3-4H,1-2H3. The van der Waals surface area contributed by atoms with Gasteiger partial charge >= 0.3 is 0 Å². The van der Waals surface area contributed by atoms with Crippen LogP contribution in [0.25, 0.3) is 0 Å². The van der Waals surface area contributed by atoms with E-state index in [-0.39, 0.29) is 21.3 Å². The Morgan fingerprint density at radius 1 is 1.36 bits per heavy atom. The molecule has 0 spiro atoms. The minimum Gasteiger partial charge on any atom is -0.286 e. The molecule has 0 fully saturated rings. The monoisotopic (exact) mass is 261 g/mol. The molecule has 0 atom stereocenters. The molecule has 3 nitrogen and oxygen atoms in total. The second-order valence-electron chi connectivity index (χ2n) is 2.46. The van der Waals surface area contributed by atoms with E-state index in [1.165, 1.54) is 5.69 Å². The molecule has 1 aliphatic rings. The topological polar surface area (TPSA) is 29.6 Å².